The zero-order valence-corrected chi connectivity index (χ0v) is 8.55. The Balaban J connectivity index is 3.55. The molecule has 0 amide bonds. The van der Waals surface area contributed by atoms with Crippen molar-refractivity contribution in [1.82, 2.24) is 0 Å². The lowest BCUT2D eigenvalue weighted by Gasteiger charge is -2.27. The van der Waals surface area contributed by atoms with Crippen molar-refractivity contribution in [3.05, 3.63) is 0 Å². The molecule has 0 radical (unpaired) electrons. The average Bonchev–Trinajstić information content (AvgIpc) is 2.04. The summed E-state index contributed by atoms with van der Waals surface area (Å²) in [6.45, 7) is 0. The predicted octanol–water partition coefficient (Wildman–Crippen LogP) is 3.98. The van der Waals surface area contributed by atoms with E-state index in [1.54, 1.807) is 0 Å². The molecule has 0 saturated heterocycles. The second-order valence-corrected chi connectivity index (χ2v) is 4.72. The topological polar surface area (TPSA) is 0 Å². The van der Waals surface area contributed by atoms with Gasteiger partial charge in [0.05, 0.1) is 0 Å². The van der Waals surface area contributed by atoms with Crippen LogP contribution >= 0.6 is 34.8 Å². The van der Waals surface area contributed by atoms with E-state index in [1.165, 1.54) is 0 Å². The zero-order chi connectivity index (χ0) is 12.5. The van der Waals surface area contributed by atoms with Crippen LogP contribution in [0.1, 0.15) is 0 Å². The van der Waals surface area contributed by atoms with E-state index in [0.717, 1.165) is 0 Å². The molecular formula is C5Cl3F7. The van der Waals surface area contributed by atoms with Gasteiger partial charge in [-0.25, -0.2) is 4.39 Å². The van der Waals surface area contributed by atoms with Gasteiger partial charge in [-0.3, -0.25) is 0 Å². The quantitative estimate of drug-likeness (QED) is 0.469. The molecule has 0 heterocycles. The Morgan fingerprint density at radius 1 is 0.533 bits per heavy atom. The van der Waals surface area contributed by atoms with Gasteiger partial charge in [0, 0.05) is 0 Å². The van der Waals surface area contributed by atoms with Crippen LogP contribution in [0.3, 0.4) is 0 Å². The van der Waals surface area contributed by atoms with E-state index < -0.39 is 27.2 Å². The number of halogens is 10. The highest BCUT2D eigenvalue weighted by molar-refractivity contribution is 6.54. The van der Waals surface area contributed by atoms with Gasteiger partial charge in [0.25, 0.3) is 5.13 Å². The van der Waals surface area contributed by atoms with E-state index in [1.807, 2.05) is 0 Å². The smallest absolute Gasteiger partial charge is 0.215 e. The van der Waals surface area contributed by atoms with Crippen molar-refractivity contribution in [1.29, 1.82) is 0 Å². The van der Waals surface area contributed by atoms with Gasteiger partial charge in [-0.05, 0) is 0 Å². The third-order valence-electron chi connectivity index (χ3n) is 1.97. The highest BCUT2D eigenvalue weighted by Crippen LogP contribution is 2.72. The molecule has 1 atom stereocenters. The Morgan fingerprint density at radius 2 is 0.867 bits per heavy atom. The van der Waals surface area contributed by atoms with E-state index in [2.05, 4.69) is 34.8 Å². The molecule has 1 aliphatic rings. The van der Waals surface area contributed by atoms with Gasteiger partial charge in [0.1, 0.15) is 0 Å². The molecule has 1 unspecified atom stereocenters. The summed E-state index contributed by atoms with van der Waals surface area (Å²) in [4.78, 5) is 0. The molecular weight excluding hydrogens is 299 g/mol. The van der Waals surface area contributed by atoms with Gasteiger partial charge >= 0.3 is 17.8 Å². The Bertz CT molecular complexity index is 207. The first-order valence-electron chi connectivity index (χ1n) is 3.14. The van der Waals surface area contributed by atoms with Gasteiger partial charge in [0.2, 0.25) is 4.33 Å². The van der Waals surface area contributed by atoms with Crippen molar-refractivity contribution in [3.63, 3.8) is 0 Å². The fourth-order valence-electron chi connectivity index (χ4n) is 0.986. The molecule has 10 heteroatoms. The van der Waals surface area contributed by atoms with E-state index in [9.17, 15) is 30.7 Å². The van der Waals surface area contributed by atoms with Gasteiger partial charge in [-0.1, -0.05) is 34.8 Å². The third kappa shape index (κ3) is 1.07. The van der Waals surface area contributed by atoms with E-state index in [4.69, 9.17) is 0 Å². The van der Waals surface area contributed by atoms with Crippen LogP contribution in [0, 0.1) is 0 Å². The standard InChI is InChI=1S/C5Cl3F7/c6-1(7)2(8,9)4(12,13)5(14,15)3(1,10)11. The Kier molecular flexibility index (Phi) is 2.50. The summed E-state index contributed by atoms with van der Waals surface area (Å²) < 4.78 is 84.0. The summed E-state index contributed by atoms with van der Waals surface area (Å²) >= 11 is 13.2. The first-order chi connectivity index (χ1) is 6.25. The fourth-order valence-corrected chi connectivity index (χ4v) is 1.70. The fraction of sp³-hybridized carbons (Fsp3) is 1.00. The first-order valence-corrected chi connectivity index (χ1v) is 4.27. The van der Waals surface area contributed by atoms with Crippen LogP contribution in [0.15, 0.2) is 0 Å². The second-order valence-electron chi connectivity index (χ2n) is 2.87. The molecule has 0 bridgehead atoms. The van der Waals surface area contributed by atoms with Crippen LogP contribution in [-0.2, 0) is 0 Å². The van der Waals surface area contributed by atoms with Gasteiger partial charge in [-0.2, -0.15) is 26.3 Å². The van der Waals surface area contributed by atoms with Crippen molar-refractivity contribution in [2.45, 2.75) is 27.2 Å². The summed E-state index contributed by atoms with van der Waals surface area (Å²) in [5.41, 5.74) is 0. The lowest BCUT2D eigenvalue weighted by Crippen LogP contribution is -2.50. The highest BCUT2D eigenvalue weighted by Gasteiger charge is 2.97. The Hall–Kier alpha value is 0.380. The number of hydrogen-bond acceptors (Lipinski definition) is 0. The summed E-state index contributed by atoms with van der Waals surface area (Å²) in [7, 11) is 0. The number of alkyl halides is 10. The van der Waals surface area contributed by atoms with Crippen LogP contribution in [-0.4, -0.2) is 27.2 Å². The van der Waals surface area contributed by atoms with Crippen molar-refractivity contribution >= 4 is 34.8 Å². The second kappa shape index (κ2) is 2.79. The van der Waals surface area contributed by atoms with Crippen molar-refractivity contribution in [2.24, 2.45) is 0 Å². The number of hydrogen-bond donors (Lipinski definition) is 0. The minimum absolute atomic E-state index is 4.28. The molecule has 0 aromatic rings. The predicted molar refractivity (Wildman–Crippen MR) is 39.0 cm³/mol. The Labute approximate surface area is 93.3 Å². The minimum Gasteiger partial charge on any atom is -0.215 e. The third-order valence-corrected chi connectivity index (χ3v) is 3.68. The summed E-state index contributed by atoms with van der Waals surface area (Å²) in [6.07, 6.45) is 0. The maximum atomic E-state index is 12.9. The van der Waals surface area contributed by atoms with Crippen molar-refractivity contribution < 1.29 is 30.7 Å². The van der Waals surface area contributed by atoms with Crippen LogP contribution in [0.2, 0.25) is 0 Å². The van der Waals surface area contributed by atoms with Crippen LogP contribution < -0.4 is 0 Å². The molecule has 90 valence electrons. The summed E-state index contributed by atoms with van der Waals surface area (Å²) in [5.74, 6) is -17.7. The molecule has 0 spiro atoms. The maximum absolute atomic E-state index is 12.9. The molecule has 1 saturated carbocycles. The van der Waals surface area contributed by atoms with Crippen LogP contribution in [0.25, 0.3) is 0 Å². The van der Waals surface area contributed by atoms with Crippen molar-refractivity contribution in [3.8, 4) is 0 Å². The molecule has 15 heavy (non-hydrogen) atoms. The molecule has 0 aromatic carbocycles. The first kappa shape index (κ1) is 13.4. The maximum Gasteiger partial charge on any atom is 0.380 e. The van der Waals surface area contributed by atoms with Crippen molar-refractivity contribution in [2.75, 3.05) is 0 Å². The largest absolute Gasteiger partial charge is 0.380 e. The van der Waals surface area contributed by atoms with Gasteiger partial charge in [-0.15, -0.1) is 0 Å². The SMILES string of the molecule is FC1(F)C(F)(F)C(F)(Cl)C(Cl)(Cl)C1(F)F. The normalized spacial score (nSPS) is 40.4. The zero-order valence-electron chi connectivity index (χ0n) is 6.28. The van der Waals surface area contributed by atoms with E-state index >= 15 is 0 Å². The minimum atomic E-state index is -6.08. The summed E-state index contributed by atoms with van der Waals surface area (Å²) in [6, 6.07) is 0. The summed E-state index contributed by atoms with van der Waals surface area (Å²) in [5, 5.41) is -4.98. The van der Waals surface area contributed by atoms with Crippen LogP contribution in [0.4, 0.5) is 30.7 Å². The van der Waals surface area contributed by atoms with Gasteiger partial charge < -0.3 is 0 Å². The molecule has 0 N–H and O–H groups in total. The lowest BCUT2D eigenvalue weighted by atomic mass is 10.2. The molecule has 1 aliphatic carbocycles. The highest BCUT2D eigenvalue weighted by atomic mass is 35.5. The molecule has 0 aromatic heterocycles. The number of rotatable bonds is 0. The Morgan fingerprint density at radius 3 is 0.933 bits per heavy atom. The van der Waals surface area contributed by atoms with E-state index in [0.29, 0.717) is 0 Å². The molecule has 0 aliphatic heterocycles. The van der Waals surface area contributed by atoms with E-state index in [-0.39, 0.29) is 0 Å². The monoisotopic (exact) mass is 298 g/mol. The molecule has 1 fully saturated rings. The van der Waals surface area contributed by atoms with Gasteiger partial charge in [0.15, 0.2) is 0 Å². The average molecular weight is 299 g/mol. The van der Waals surface area contributed by atoms with Crippen LogP contribution in [0.5, 0.6) is 0 Å². The molecule has 1 rings (SSSR count). The molecule has 0 nitrogen and oxygen atoms in total. The lowest BCUT2D eigenvalue weighted by molar-refractivity contribution is -0.280.